The van der Waals surface area contributed by atoms with Crippen LogP contribution in [-0.2, 0) is 4.79 Å². The lowest BCUT2D eigenvalue weighted by molar-refractivity contribution is -0.130. The first-order valence-corrected chi connectivity index (χ1v) is 8.44. The summed E-state index contributed by atoms with van der Waals surface area (Å²) >= 11 is 0. The highest BCUT2D eigenvalue weighted by Crippen LogP contribution is 2.21. The number of carboxylic acid groups (broad SMARTS) is 1. The van der Waals surface area contributed by atoms with Crippen molar-refractivity contribution >= 4 is 17.6 Å². The molecule has 0 amide bonds. The van der Waals surface area contributed by atoms with Crippen molar-refractivity contribution in [2.75, 3.05) is 6.61 Å². The van der Waals surface area contributed by atoms with Crippen LogP contribution >= 0.6 is 0 Å². The van der Waals surface area contributed by atoms with Gasteiger partial charge in [-0.25, -0.2) is 4.79 Å². The third-order valence-electron chi connectivity index (χ3n) is 3.75. The molecule has 0 aliphatic carbocycles. The van der Waals surface area contributed by atoms with Crippen molar-refractivity contribution in [3.63, 3.8) is 0 Å². The quantitative estimate of drug-likeness (QED) is 0.388. The van der Waals surface area contributed by atoms with E-state index in [-0.39, 0.29) is 5.57 Å². The molecule has 0 spiro atoms. The monoisotopic (exact) mass is 324 g/mol. The van der Waals surface area contributed by atoms with Gasteiger partial charge in [-0.15, -0.1) is 0 Å². The number of carboxylic acids is 1. The minimum atomic E-state index is -0.938. The average molecular weight is 324 g/mol. The fourth-order valence-electron chi connectivity index (χ4n) is 2.47. The van der Waals surface area contributed by atoms with Crippen LogP contribution in [0.4, 0.5) is 0 Å². The summed E-state index contributed by atoms with van der Waals surface area (Å²) < 4.78 is 5.76. The van der Waals surface area contributed by atoms with E-state index < -0.39 is 5.97 Å². The van der Waals surface area contributed by atoms with Crippen molar-refractivity contribution in [2.24, 2.45) is 0 Å². The molecule has 24 heavy (non-hydrogen) atoms. The maximum absolute atomic E-state index is 11.6. The van der Waals surface area contributed by atoms with Crippen LogP contribution in [0.15, 0.2) is 54.6 Å². The summed E-state index contributed by atoms with van der Waals surface area (Å²) in [6.45, 7) is 2.88. The van der Waals surface area contributed by atoms with Crippen molar-refractivity contribution in [3.05, 3.63) is 65.7 Å². The highest BCUT2D eigenvalue weighted by atomic mass is 16.5. The highest BCUT2D eigenvalue weighted by Gasteiger charge is 2.10. The second-order valence-corrected chi connectivity index (χ2v) is 5.71. The Bertz CT molecular complexity index is 674. The molecule has 0 bridgehead atoms. The molecular weight excluding hydrogens is 300 g/mol. The zero-order valence-electron chi connectivity index (χ0n) is 14.1. The fourth-order valence-corrected chi connectivity index (χ4v) is 2.47. The Labute approximate surface area is 143 Å². The molecule has 126 valence electrons. The van der Waals surface area contributed by atoms with E-state index in [1.807, 2.05) is 42.5 Å². The van der Waals surface area contributed by atoms with Gasteiger partial charge in [0.25, 0.3) is 0 Å². The number of benzene rings is 2. The van der Waals surface area contributed by atoms with Crippen LogP contribution in [0.5, 0.6) is 5.75 Å². The Morgan fingerprint density at radius 1 is 1.04 bits per heavy atom. The molecule has 0 aliphatic rings. The van der Waals surface area contributed by atoms with Gasteiger partial charge in [-0.2, -0.15) is 0 Å². The summed E-state index contributed by atoms with van der Waals surface area (Å²) in [6, 6.07) is 16.7. The van der Waals surface area contributed by atoms with Crippen molar-refractivity contribution in [1.82, 2.24) is 0 Å². The summed E-state index contributed by atoms with van der Waals surface area (Å²) in [7, 11) is 0. The Kier molecular flexibility index (Phi) is 7.09. The number of unbranched alkanes of at least 4 members (excludes halogenated alkanes) is 3. The third kappa shape index (κ3) is 5.58. The molecule has 0 saturated carbocycles. The standard InChI is InChI=1S/C21H24O3/c1-2-3-4-8-14-24-19-13-9-10-17(15-19)16-20(21(22)23)18-11-6-5-7-12-18/h5-7,9-13,15-16H,2-4,8,14H2,1H3,(H,22,23)/b20-16-. The lowest BCUT2D eigenvalue weighted by atomic mass is 10.0. The van der Waals surface area contributed by atoms with E-state index in [0.29, 0.717) is 12.2 Å². The van der Waals surface area contributed by atoms with Gasteiger partial charge in [0.2, 0.25) is 0 Å². The van der Waals surface area contributed by atoms with E-state index in [0.717, 1.165) is 17.7 Å². The number of aliphatic carboxylic acids is 1. The molecule has 3 heteroatoms. The number of hydrogen-bond donors (Lipinski definition) is 1. The van der Waals surface area contributed by atoms with Crippen molar-refractivity contribution < 1.29 is 14.6 Å². The van der Waals surface area contributed by atoms with Crippen molar-refractivity contribution in [2.45, 2.75) is 32.6 Å². The van der Waals surface area contributed by atoms with Gasteiger partial charge in [0.05, 0.1) is 12.2 Å². The molecule has 3 nitrogen and oxygen atoms in total. The highest BCUT2D eigenvalue weighted by molar-refractivity contribution is 6.20. The minimum absolute atomic E-state index is 0.274. The van der Waals surface area contributed by atoms with Gasteiger partial charge in [0.1, 0.15) is 5.75 Å². The maximum Gasteiger partial charge on any atom is 0.336 e. The maximum atomic E-state index is 11.6. The summed E-state index contributed by atoms with van der Waals surface area (Å²) in [5.74, 6) is -0.162. The normalized spacial score (nSPS) is 11.3. The molecule has 0 aromatic heterocycles. The molecule has 0 radical (unpaired) electrons. The molecule has 0 unspecified atom stereocenters. The molecule has 2 aromatic rings. The summed E-state index contributed by atoms with van der Waals surface area (Å²) in [6.07, 6.45) is 6.33. The van der Waals surface area contributed by atoms with Crippen LogP contribution in [0.1, 0.15) is 43.7 Å². The van der Waals surface area contributed by atoms with E-state index in [9.17, 15) is 9.90 Å². The topological polar surface area (TPSA) is 46.5 Å². The van der Waals surface area contributed by atoms with Crippen LogP contribution in [0.3, 0.4) is 0 Å². The third-order valence-corrected chi connectivity index (χ3v) is 3.75. The Morgan fingerprint density at radius 3 is 2.54 bits per heavy atom. The number of carbonyl (C=O) groups is 1. The van der Waals surface area contributed by atoms with Crippen LogP contribution in [0.25, 0.3) is 11.6 Å². The first-order chi connectivity index (χ1) is 11.7. The molecule has 0 atom stereocenters. The molecular formula is C21H24O3. The first kappa shape index (κ1) is 17.8. The Morgan fingerprint density at radius 2 is 1.83 bits per heavy atom. The molecule has 0 saturated heterocycles. The van der Waals surface area contributed by atoms with Gasteiger partial charge in [-0.3, -0.25) is 0 Å². The second-order valence-electron chi connectivity index (χ2n) is 5.71. The summed E-state index contributed by atoms with van der Waals surface area (Å²) in [5, 5.41) is 9.48. The van der Waals surface area contributed by atoms with Crippen molar-refractivity contribution in [3.8, 4) is 5.75 Å². The summed E-state index contributed by atoms with van der Waals surface area (Å²) in [4.78, 5) is 11.6. The van der Waals surface area contributed by atoms with E-state index in [1.165, 1.54) is 19.3 Å². The van der Waals surface area contributed by atoms with Crippen LogP contribution in [-0.4, -0.2) is 17.7 Å². The smallest absolute Gasteiger partial charge is 0.336 e. The predicted molar refractivity (Wildman–Crippen MR) is 98.0 cm³/mol. The van der Waals surface area contributed by atoms with Gasteiger partial charge < -0.3 is 9.84 Å². The van der Waals surface area contributed by atoms with Gasteiger partial charge in [0.15, 0.2) is 0 Å². The molecule has 0 heterocycles. The summed E-state index contributed by atoms with van der Waals surface area (Å²) in [5.41, 5.74) is 1.79. The molecule has 1 N–H and O–H groups in total. The Balaban J connectivity index is 2.10. The van der Waals surface area contributed by atoms with Crippen LogP contribution < -0.4 is 4.74 Å². The van der Waals surface area contributed by atoms with Crippen LogP contribution in [0.2, 0.25) is 0 Å². The van der Waals surface area contributed by atoms with Gasteiger partial charge in [-0.05, 0) is 35.8 Å². The second kappa shape index (κ2) is 9.56. The SMILES string of the molecule is CCCCCCOc1cccc(/C=C(\C(=O)O)c2ccccc2)c1. The van der Waals surface area contributed by atoms with Crippen molar-refractivity contribution in [1.29, 1.82) is 0 Å². The molecule has 2 aromatic carbocycles. The lowest BCUT2D eigenvalue weighted by Gasteiger charge is -2.07. The largest absolute Gasteiger partial charge is 0.494 e. The van der Waals surface area contributed by atoms with E-state index >= 15 is 0 Å². The van der Waals surface area contributed by atoms with E-state index in [1.54, 1.807) is 18.2 Å². The van der Waals surface area contributed by atoms with Gasteiger partial charge in [0, 0.05) is 0 Å². The average Bonchev–Trinajstić information content (AvgIpc) is 2.60. The zero-order valence-corrected chi connectivity index (χ0v) is 14.1. The Hall–Kier alpha value is -2.55. The van der Waals surface area contributed by atoms with E-state index in [2.05, 4.69) is 6.92 Å². The van der Waals surface area contributed by atoms with Gasteiger partial charge >= 0.3 is 5.97 Å². The first-order valence-electron chi connectivity index (χ1n) is 8.44. The zero-order chi connectivity index (χ0) is 17.2. The molecule has 2 rings (SSSR count). The van der Waals surface area contributed by atoms with Gasteiger partial charge in [-0.1, -0.05) is 68.7 Å². The van der Waals surface area contributed by atoms with E-state index in [4.69, 9.17) is 4.74 Å². The number of rotatable bonds is 9. The molecule has 0 fully saturated rings. The van der Waals surface area contributed by atoms with Crippen LogP contribution in [0, 0.1) is 0 Å². The number of ether oxygens (including phenoxy) is 1. The molecule has 0 aliphatic heterocycles. The lowest BCUT2D eigenvalue weighted by Crippen LogP contribution is -2.00. The predicted octanol–water partition coefficient (Wildman–Crippen LogP) is 5.27. The fraction of sp³-hybridized carbons (Fsp3) is 0.286. The number of hydrogen-bond acceptors (Lipinski definition) is 2. The minimum Gasteiger partial charge on any atom is -0.494 e.